The number of halogens is 1. The van der Waals surface area contributed by atoms with Crippen LogP contribution >= 0.6 is 11.6 Å². The maximum Gasteiger partial charge on any atom is 0.352 e. The molecule has 0 aliphatic carbocycles. The Morgan fingerprint density at radius 2 is 2.06 bits per heavy atom. The van der Waals surface area contributed by atoms with Gasteiger partial charge in [-0.3, -0.25) is 0 Å². The van der Waals surface area contributed by atoms with Gasteiger partial charge < -0.3 is 14.4 Å². The zero-order chi connectivity index (χ0) is 13.1. The monoisotopic (exact) mass is 265 g/mol. The van der Waals surface area contributed by atoms with E-state index in [1.165, 1.54) is 10.6 Å². The normalized spacial score (nSPS) is 10.3. The van der Waals surface area contributed by atoms with Crippen molar-refractivity contribution >= 4 is 17.6 Å². The van der Waals surface area contributed by atoms with Gasteiger partial charge in [0.2, 0.25) is 0 Å². The maximum absolute atomic E-state index is 11.1. The summed E-state index contributed by atoms with van der Waals surface area (Å²) in [6.45, 7) is 2.50. The number of carboxylic acid groups (broad SMARTS) is 1. The lowest BCUT2D eigenvalue weighted by Gasteiger charge is -2.07. The van der Waals surface area contributed by atoms with Crippen molar-refractivity contribution in [1.29, 1.82) is 0 Å². The van der Waals surface area contributed by atoms with Gasteiger partial charge in [-0.1, -0.05) is 11.6 Å². The first-order valence-electron chi connectivity index (χ1n) is 5.46. The second-order valence-corrected chi connectivity index (χ2v) is 4.08. The minimum atomic E-state index is -1.02. The number of hydrogen-bond acceptors (Lipinski definition) is 2. The summed E-state index contributed by atoms with van der Waals surface area (Å²) in [6.07, 6.45) is 1.57. The Balaban J connectivity index is 2.39. The second kappa shape index (κ2) is 5.14. The van der Waals surface area contributed by atoms with Crippen LogP contribution < -0.4 is 4.74 Å². The van der Waals surface area contributed by atoms with E-state index in [1.807, 2.05) is 6.92 Å². The van der Waals surface area contributed by atoms with Gasteiger partial charge in [0, 0.05) is 11.9 Å². The van der Waals surface area contributed by atoms with E-state index in [2.05, 4.69) is 0 Å². The average Bonchev–Trinajstić information content (AvgIpc) is 2.73. The lowest BCUT2D eigenvalue weighted by molar-refractivity contribution is 0.0688. The fraction of sp³-hybridized carbons (Fsp3) is 0.154. The van der Waals surface area contributed by atoms with Crippen molar-refractivity contribution in [2.24, 2.45) is 0 Å². The number of carbonyl (C=O) groups is 1. The number of aromatic nitrogens is 1. The summed E-state index contributed by atoms with van der Waals surface area (Å²) in [6, 6.07) is 8.57. The van der Waals surface area contributed by atoms with E-state index in [0.29, 0.717) is 11.6 Å². The Hall–Kier alpha value is -1.94. The smallest absolute Gasteiger partial charge is 0.352 e. The lowest BCUT2D eigenvalue weighted by Crippen LogP contribution is -2.05. The predicted octanol–water partition coefficient (Wildman–Crippen LogP) is 3.23. The molecule has 4 nitrogen and oxygen atoms in total. The number of benzene rings is 1. The van der Waals surface area contributed by atoms with E-state index in [4.69, 9.17) is 21.4 Å². The highest BCUT2D eigenvalue weighted by Crippen LogP contribution is 2.21. The molecular formula is C13H12ClNO3. The van der Waals surface area contributed by atoms with Crippen LogP contribution in [0.25, 0.3) is 5.69 Å². The van der Waals surface area contributed by atoms with E-state index in [-0.39, 0.29) is 5.69 Å². The SMILES string of the molecule is CCOc1ccc(-n2cc(Cl)cc2C(=O)O)cc1. The lowest BCUT2D eigenvalue weighted by atomic mass is 10.3. The summed E-state index contributed by atoms with van der Waals surface area (Å²) in [4.78, 5) is 11.1. The molecule has 1 heterocycles. The summed E-state index contributed by atoms with van der Waals surface area (Å²) in [5, 5.41) is 9.47. The van der Waals surface area contributed by atoms with Crippen LogP contribution in [-0.4, -0.2) is 22.2 Å². The minimum Gasteiger partial charge on any atom is -0.494 e. The van der Waals surface area contributed by atoms with E-state index in [1.54, 1.807) is 30.5 Å². The number of ether oxygens (including phenoxy) is 1. The molecule has 0 saturated carbocycles. The zero-order valence-electron chi connectivity index (χ0n) is 9.76. The van der Waals surface area contributed by atoms with Crippen LogP contribution in [0.3, 0.4) is 0 Å². The van der Waals surface area contributed by atoms with Crippen molar-refractivity contribution in [2.75, 3.05) is 6.61 Å². The third kappa shape index (κ3) is 2.49. The van der Waals surface area contributed by atoms with Gasteiger partial charge in [0.25, 0.3) is 0 Å². The summed E-state index contributed by atoms with van der Waals surface area (Å²) >= 11 is 5.83. The van der Waals surface area contributed by atoms with Gasteiger partial charge in [0.05, 0.1) is 11.6 Å². The van der Waals surface area contributed by atoms with Gasteiger partial charge in [-0.15, -0.1) is 0 Å². The Bertz CT molecular complexity index is 560. The molecule has 1 aromatic heterocycles. The molecule has 1 N–H and O–H groups in total. The molecule has 0 spiro atoms. The van der Waals surface area contributed by atoms with Crippen molar-refractivity contribution in [3.05, 3.63) is 47.2 Å². The largest absolute Gasteiger partial charge is 0.494 e. The molecular weight excluding hydrogens is 254 g/mol. The summed E-state index contributed by atoms with van der Waals surface area (Å²) < 4.78 is 6.86. The van der Waals surface area contributed by atoms with E-state index < -0.39 is 5.97 Å². The van der Waals surface area contributed by atoms with Gasteiger partial charge in [-0.05, 0) is 37.3 Å². The van der Waals surface area contributed by atoms with Crippen LogP contribution in [0.5, 0.6) is 5.75 Å². The Labute approximate surface area is 109 Å². The number of carboxylic acids is 1. The summed E-state index contributed by atoms with van der Waals surface area (Å²) in [5.41, 5.74) is 0.854. The number of rotatable bonds is 4. The first-order chi connectivity index (χ1) is 8.61. The fourth-order valence-electron chi connectivity index (χ4n) is 1.68. The van der Waals surface area contributed by atoms with Crippen LogP contribution in [0.4, 0.5) is 0 Å². The van der Waals surface area contributed by atoms with Crippen LogP contribution in [0, 0.1) is 0 Å². The molecule has 0 aliphatic heterocycles. The first kappa shape index (κ1) is 12.5. The molecule has 0 atom stereocenters. The topological polar surface area (TPSA) is 51.5 Å². The highest BCUT2D eigenvalue weighted by molar-refractivity contribution is 6.31. The Morgan fingerprint density at radius 3 is 2.61 bits per heavy atom. The Morgan fingerprint density at radius 1 is 1.39 bits per heavy atom. The van der Waals surface area contributed by atoms with Crippen LogP contribution in [0.1, 0.15) is 17.4 Å². The van der Waals surface area contributed by atoms with Gasteiger partial charge in [-0.25, -0.2) is 4.79 Å². The molecule has 0 fully saturated rings. The van der Waals surface area contributed by atoms with Crippen LogP contribution in [-0.2, 0) is 0 Å². The van der Waals surface area contributed by atoms with Crippen LogP contribution in [0.2, 0.25) is 5.02 Å². The highest BCUT2D eigenvalue weighted by atomic mass is 35.5. The fourth-order valence-corrected chi connectivity index (χ4v) is 1.88. The summed E-state index contributed by atoms with van der Waals surface area (Å²) in [5.74, 6) is -0.271. The quantitative estimate of drug-likeness (QED) is 0.923. The van der Waals surface area contributed by atoms with Gasteiger partial charge in [0.15, 0.2) is 0 Å². The van der Waals surface area contributed by atoms with Gasteiger partial charge in [0.1, 0.15) is 11.4 Å². The molecule has 94 valence electrons. The van der Waals surface area contributed by atoms with Gasteiger partial charge in [-0.2, -0.15) is 0 Å². The standard InChI is InChI=1S/C13H12ClNO3/c1-2-18-11-5-3-10(4-6-11)15-8-9(14)7-12(15)13(16)17/h3-8H,2H2,1H3,(H,16,17). The van der Waals surface area contributed by atoms with Crippen molar-refractivity contribution < 1.29 is 14.6 Å². The molecule has 0 radical (unpaired) electrons. The molecule has 2 aromatic rings. The Kier molecular flexibility index (Phi) is 3.58. The van der Waals surface area contributed by atoms with E-state index >= 15 is 0 Å². The van der Waals surface area contributed by atoms with Crippen molar-refractivity contribution in [2.45, 2.75) is 6.92 Å². The van der Waals surface area contributed by atoms with E-state index in [9.17, 15) is 4.79 Å². The van der Waals surface area contributed by atoms with Crippen molar-refractivity contribution in [1.82, 2.24) is 4.57 Å². The number of hydrogen-bond donors (Lipinski definition) is 1. The average molecular weight is 266 g/mol. The third-order valence-electron chi connectivity index (χ3n) is 2.43. The maximum atomic E-state index is 11.1. The first-order valence-corrected chi connectivity index (χ1v) is 5.84. The molecule has 1 aromatic carbocycles. The molecule has 0 bridgehead atoms. The number of nitrogens with zero attached hydrogens (tertiary/aromatic N) is 1. The molecule has 0 unspecified atom stereocenters. The van der Waals surface area contributed by atoms with Crippen molar-refractivity contribution in [3.63, 3.8) is 0 Å². The third-order valence-corrected chi connectivity index (χ3v) is 2.64. The summed E-state index contributed by atoms with van der Waals surface area (Å²) in [7, 11) is 0. The second-order valence-electron chi connectivity index (χ2n) is 3.65. The molecule has 2 rings (SSSR count). The molecule has 18 heavy (non-hydrogen) atoms. The zero-order valence-corrected chi connectivity index (χ0v) is 10.5. The highest BCUT2D eigenvalue weighted by Gasteiger charge is 2.12. The number of aromatic carboxylic acids is 1. The van der Waals surface area contributed by atoms with E-state index in [0.717, 1.165) is 11.4 Å². The molecule has 0 amide bonds. The van der Waals surface area contributed by atoms with Crippen LogP contribution in [0.15, 0.2) is 36.5 Å². The minimum absolute atomic E-state index is 0.129. The molecule has 0 aliphatic rings. The van der Waals surface area contributed by atoms with Crippen molar-refractivity contribution in [3.8, 4) is 11.4 Å². The molecule has 5 heteroatoms. The predicted molar refractivity (Wildman–Crippen MR) is 68.9 cm³/mol. The molecule has 0 saturated heterocycles. The van der Waals surface area contributed by atoms with Gasteiger partial charge >= 0.3 is 5.97 Å².